The Balaban J connectivity index is 1.30. The van der Waals surface area contributed by atoms with Crippen LogP contribution < -0.4 is 25.0 Å². The first-order valence-corrected chi connectivity index (χ1v) is 14.8. The number of para-hydroxylation sites is 2. The normalized spacial score (nSPS) is 13.7. The highest BCUT2D eigenvalue weighted by atomic mass is 35.5. The summed E-state index contributed by atoms with van der Waals surface area (Å²) in [6.07, 6.45) is 1.52. The molecule has 6 rings (SSSR count). The van der Waals surface area contributed by atoms with Crippen molar-refractivity contribution in [3.05, 3.63) is 77.0 Å². The third-order valence-electron chi connectivity index (χ3n) is 7.58. The van der Waals surface area contributed by atoms with Crippen LogP contribution in [0.3, 0.4) is 0 Å². The molecule has 0 unspecified atom stereocenters. The summed E-state index contributed by atoms with van der Waals surface area (Å²) >= 11 is 13.3. The van der Waals surface area contributed by atoms with Crippen LogP contribution in [0.2, 0.25) is 10.0 Å². The molecule has 0 bridgehead atoms. The number of hydrogen-bond donors (Lipinski definition) is 2. The molecule has 222 valence electrons. The number of aromatic nitrogens is 4. The second-order valence-electron chi connectivity index (χ2n) is 10.0. The predicted octanol–water partition coefficient (Wildman–Crippen LogP) is 6.77. The van der Waals surface area contributed by atoms with Crippen LogP contribution in [-0.2, 0) is 0 Å². The first kappa shape index (κ1) is 28.9. The number of fused-ring (bicyclic) bond motifs is 1. The molecule has 3 heterocycles. The van der Waals surface area contributed by atoms with Crippen LogP contribution in [0.4, 0.5) is 28.8 Å². The Bertz CT molecular complexity index is 1710. The third kappa shape index (κ3) is 5.86. The summed E-state index contributed by atoms with van der Waals surface area (Å²) in [6, 6.07) is 19.7. The minimum absolute atomic E-state index is 0.299. The summed E-state index contributed by atoms with van der Waals surface area (Å²) in [5.41, 5.74) is 4.15. The zero-order chi connectivity index (χ0) is 29.9. The molecule has 0 atom stereocenters. The van der Waals surface area contributed by atoms with Crippen LogP contribution in [-0.4, -0.2) is 71.4 Å². The summed E-state index contributed by atoms with van der Waals surface area (Å²) < 4.78 is 12.8. The van der Waals surface area contributed by atoms with Gasteiger partial charge in [-0.25, -0.2) is 15.0 Å². The lowest BCUT2D eigenvalue weighted by atomic mass is 10.2. The minimum Gasteiger partial charge on any atom is -0.495 e. The molecular formula is C31H32Cl2N8O2. The van der Waals surface area contributed by atoms with Gasteiger partial charge in [-0.05, 0) is 42.9 Å². The molecule has 0 amide bonds. The van der Waals surface area contributed by atoms with Crippen molar-refractivity contribution in [2.45, 2.75) is 6.92 Å². The maximum absolute atomic E-state index is 6.67. The molecule has 0 saturated carbocycles. The lowest BCUT2D eigenvalue weighted by molar-refractivity contribution is 0.271. The van der Waals surface area contributed by atoms with Gasteiger partial charge in [0.2, 0.25) is 5.95 Å². The van der Waals surface area contributed by atoms with Gasteiger partial charge in [-0.15, -0.1) is 0 Å². The molecule has 5 aromatic rings. The van der Waals surface area contributed by atoms with Gasteiger partial charge in [-0.2, -0.15) is 0 Å². The molecule has 0 aliphatic carbocycles. The van der Waals surface area contributed by atoms with Gasteiger partial charge in [0, 0.05) is 49.7 Å². The van der Waals surface area contributed by atoms with Crippen molar-refractivity contribution < 1.29 is 9.47 Å². The second-order valence-corrected chi connectivity index (χ2v) is 10.8. The summed E-state index contributed by atoms with van der Waals surface area (Å²) in [6.45, 7) is 7.55. The SMILES string of the molecule is CCN1CCN(c2ccc(Nc3cc(-n4c(Nc5c(Cl)c(OC)cc(OC)c5Cl)nc5ccccc54)ncn3)cc2)CC1. The van der Waals surface area contributed by atoms with E-state index in [1.807, 2.05) is 34.9 Å². The van der Waals surface area contributed by atoms with Gasteiger partial charge in [0.1, 0.15) is 39.5 Å². The molecule has 2 N–H and O–H groups in total. The van der Waals surface area contributed by atoms with Crippen molar-refractivity contribution >= 4 is 63.1 Å². The number of nitrogens with zero attached hydrogens (tertiary/aromatic N) is 6. The molecule has 0 radical (unpaired) electrons. The van der Waals surface area contributed by atoms with Gasteiger partial charge in [0.05, 0.1) is 30.9 Å². The summed E-state index contributed by atoms with van der Waals surface area (Å²) in [7, 11) is 3.06. The Morgan fingerprint density at radius 2 is 1.53 bits per heavy atom. The quantitative estimate of drug-likeness (QED) is 0.186. The molecule has 1 saturated heterocycles. The Kier molecular flexibility index (Phi) is 8.42. The molecule has 0 spiro atoms. The number of rotatable bonds is 9. The first-order chi connectivity index (χ1) is 21.0. The maximum atomic E-state index is 6.67. The highest BCUT2D eigenvalue weighted by Gasteiger charge is 2.21. The lowest BCUT2D eigenvalue weighted by Crippen LogP contribution is -2.46. The highest BCUT2D eigenvalue weighted by Crippen LogP contribution is 2.45. The van der Waals surface area contributed by atoms with Crippen LogP contribution in [0.5, 0.6) is 11.5 Å². The van der Waals surface area contributed by atoms with Crippen LogP contribution in [0.1, 0.15) is 6.92 Å². The van der Waals surface area contributed by atoms with Crippen LogP contribution in [0.15, 0.2) is 67.0 Å². The van der Waals surface area contributed by atoms with E-state index in [4.69, 9.17) is 37.7 Å². The number of methoxy groups -OCH3 is 2. The first-order valence-electron chi connectivity index (χ1n) is 14.0. The summed E-state index contributed by atoms with van der Waals surface area (Å²) in [5.74, 6) is 2.52. The number of anilines is 5. The number of imidazole rings is 1. The standard InChI is InChI=1S/C31H32Cl2N8O2/c1-4-39-13-15-40(16-14-39)21-11-9-20(10-12-21)36-26-18-27(35-19-34-26)41-23-8-6-5-7-22(23)37-31(41)38-30-28(32)24(42-2)17-25(43-3)29(30)33/h5-12,17-19H,4,13-16H2,1-3H3,(H,37,38)(H,34,35,36). The third-order valence-corrected chi connectivity index (χ3v) is 8.33. The van der Waals surface area contributed by atoms with E-state index in [9.17, 15) is 0 Å². The van der Waals surface area contributed by atoms with E-state index in [1.54, 1.807) is 6.07 Å². The van der Waals surface area contributed by atoms with Crippen molar-refractivity contribution in [2.75, 3.05) is 62.5 Å². The van der Waals surface area contributed by atoms with E-state index in [0.29, 0.717) is 44.8 Å². The zero-order valence-corrected chi connectivity index (χ0v) is 25.7. The van der Waals surface area contributed by atoms with E-state index >= 15 is 0 Å². The number of ether oxygens (including phenoxy) is 2. The summed E-state index contributed by atoms with van der Waals surface area (Å²) in [5, 5.41) is 7.31. The average Bonchev–Trinajstić information content (AvgIpc) is 3.42. The van der Waals surface area contributed by atoms with Crippen molar-refractivity contribution in [2.24, 2.45) is 0 Å². The van der Waals surface area contributed by atoms with Crippen molar-refractivity contribution in [1.82, 2.24) is 24.4 Å². The van der Waals surface area contributed by atoms with Crippen molar-refractivity contribution in [3.8, 4) is 17.3 Å². The molecular weight excluding hydrogens is 587 g/mol. The molecule has 1 fully saturated rings. The minimum atomic E-state index is 0.299. The van der Waals surface area contributed by atoms with E-state index < -0.39 is 0 Å². The van der Waals surface area contributed by atoms with Gasteiger partial charge in [0.25, 0.3) is 0 Å². The number of likely N-dealkylation sites (N-methyl/N-ethyl adjacent to an activating group) is 1. The van der Waals surface area contributed by atoms with E-state index in [1.165, 1.54) is 26.2 Å². The van der Waals surface area contributed by atoms with Crippen LogP contribution in [0.25, 0.3) is 16.9 Å². The van der Waals surface area contributed by atoms with Gasteiger partial charge >= 0.3 is 0 Å². The molecule has 2 aromatic heterocycles. The molecule has 10 nitrogen and oxygen atoms in total. The number of halogens is 2. The fourth-order valence-corrected chi connectivity index (χ4v) is 5.81. The van der Waals surface area contributed by atoms with Crippen molar-refractivity contribution in [3.63, 3.8) is 0 Å². The Hall–Kier alpha value is -4.25. The lowest BCUT2D eigenvalue weighted by Gasteiger charge is -2.35. The monoisotopic (exact) mass is 618 g/mol. The largest absolute Gasteiger partial charge is 0.495 e. The number of hydrogen-bond acceptors (Lipinski definition) is 9. The smallest absolute Gasteiger partial charge is 0.214 e. The van der Waals surface area contributed by atoms with Crippen LogP contribution in [0, 0.1) is 0 Å². The molecule has 3 aromatic carbocycles. The number of benzene rings is 3. The molecule has 43 heavy (non-hydrogen) atoms. The number of piperazine rings is 1. The fourth-order valence-electron chi connectivity index (χ4n) is 5.21. The fraction of sp³-hybridized carbons (Fsp3) is 0.258. The van der Waals surface area contributed by atoms with Gasteiger partial charge in [0.15, 0.2) is 0 Å². The van der Waals surface area contributed by atoms with Gasteiger partial charge < -0.3 is 29.9 Å². The van der Waals surface area contributed by atoms with Crippen LogP contribution >= 0.6 is 23.2 Å². The molecule has 12 heteroatoms. The van der Waals surface area contributed by atoms with E-state index in [-0.39, 0.29) is 0 Å². The van der Waals surface area contributed by atoms with E-state index in [2.05, 4.69) is 61.6 Å². The maximum Gasteiger partial charge on any atom is 0.214 e. The summed E-state index contributed by atoms with van der Waals surface area (Å²) in [4.78, 5) is 18.8. The topological polar surface area (TPSA) is 92.6 Å². The Morgan fingerprint density at radius 1 is 0.837 bits per heavy atom. The number of nitrogens with one attached hydrogen (secondary N) is 2. The predicted molar refractivity (Wildman–Crippen MR) is 174 cm³/mol. The average molecular weight is 620 g/mol. The zero-order valence-electron chi connectivity index (χ0n) is 24.1. The van der Waals surface area contributed by atoms with Gasteiger partial charge in [-0.3, -0.25) is 4.57 Å². The molecule has 1 aliphatic heterocycles. The van der Waals surface area contributed by atoms with Crippen molar-refractivity contribution in [1.29, 1.82) is 0 Å². The highest BCUT2D eigenvalue weighted by molar-refractivity contribution is 6.41. The van der Waals surface area contributed by atoms with Gasteiger partial charge in [-0.1, -0.05) is 42.3 Å². The van der Waals surface area contributed by atoms with E-state index in [0.717, 1.165) is 49.4 Å². The molecule has 1 aliphatic rings. The second kappa shape index (κ2) is 12.5. The Morgan fingerprint density at radius 3 is 2.21 bits per heavy atom. The Labute approximate surface area is 260 Å².